The number of rotatable bonds is 6. The lowest BCUT2D eigenvalue weighted by Crippen LogP contribution is -2.51. The zero-order valence-electron chi connectivity index (χ0n) is 22.9. The van der Waals surface area contributed by atoms with Crippen molar-refractivity contribution in [2.24, 2.45) is 0 Å². The van der Waals surface area contributed by atoms with Gasteiger partial charge in [-0.2, -0.15) is 0 Å². The topological polar surface area (TPSA) is 82.1 Å². The molecule has 1 saturated heterocycles. The number of ether oxygens (including phenoxy) is 3. The van der Waals surface area contributed by atoms with Crippen LogP contribution >= 0.6 is 0 Å². The Hall–Kier alpha value is -3.68. The Kier molecular flexibility index (Phi) is 8.97. The molecular weight excluding hydrogens is 489 g/mol. The molecule has 2 aromatic rings. The van der Waals surface area contributed by atoms with Crippen LogP contribution in [0.5, 0.6) is 5.75 Å². The normalized spacial score (nSPS) is 16.4. The minimum Gasteiger partial charge on any atom is -0.464 e. The highest BCUT2D eigenvalue weighted by molar-refractivity contribution is 5.89. The van der Waals surface area contributed by atoms with Crippen molar-refractivity contribution < 1.29 is 33.0 Å². The first kappa shape index (κ1) is 28.9. The average molecular weight is 526 g/mol. The fraction of sp³-hybridized carbons (Fsp3) is 0.433. The van der Waals surface area contributed by atoms with Gasteiger partial charge in [0, 0.05) is 30.5 Å². The Morgan fingerprint density at radius 3 is 2.32 bits per heavy atom. The Morgan fingerprint density at radius 1 is 0.974 bits per heavy atom. The smallest absolute Gasteiger partial charge is 0.410 e. The summed E-state index contributed by atoms with van der Waals surface area (Å²) < 4.78 is 32.3. The maximum absolute atomic E-state index is 15.9. The first-order chi connectivity index (χ1) is 17.7. The summed E-state index contributed by atoms with van der Waals surface area (Å²) in [6.07, 6.45) is 2.68. The number of likely N-dealkylation sites (tertiary alicyclic amines) is 1. The highest BCUT2D eigenvalue weighted by atomic mass is 19.1. The Morgan fingerprint density at radius 2 is 1.63 bits per heavy atom. The summed E-state index contributed by atoms with van der Waals surface area (Å²) in [5.74, 6) is -0.854. The van der Waals surface area contributed by atoms with Gasteiger partial charge in [0.05, 0.1) is 18.4 Å². The van der Waals surface area contributed by atoms with Crippen LogP contribution in [0, 0.1) is 5.82 Å². The SMILES string of the molecule is CC(C)(C)OC(=O)/C=C/Oc1ccccc1-c1cccc(CC2C(=O)CCCN2C(=O)OC(C)(C)C)c1F. The molecule has 7 nitrogen and oxygen atoms in total. The molecular formula is C30H36FNO6. The zero-order chi connectivity index (χ0) is 28.1. The maximum Gasteiger partial charge on any atom is 0.410 e. The molecule has 2 aromatic carbocycles. The van der Waals surface area contributed by atoms with E-state index in [0.29, 0.717) is 36.3 Å². The van der Waals surface area contributed by atoms with Crippen LogP contribution in [-0.2, 0) is 25.5 Å². The van der Waals surface area contributed by atoms with Gasteiger partial charge in [0.25, 0.3) is 0 Å². The van der Waals surface area contributed by atoms with Gasteiger partial charge in [-0.05, 0) is 59.6 Å². The minimum absolute atomic E-state index is 0.0271. The number of amides is 1. The monoisotopic (exact) mass is 525 g/mol. The molecule has 0 aliphatic carbocycles. The van der Waals surface area contributed by atoms with Crippen LogP contribution in [0.15, 0.2) is 54.8 Å². The number of hydrogen-bond acceptors (Lipinski definition) is 6. The quantitative estimate of drug-likeness (QED) is 0.252. The van der Waals surface area contributed by atoms with E-state index in [1.165, 1.54) is 11.2 Å². The third-order valence-electron chi connectivity index (χ3n) is 5.67. The molecule has 38 heavy (non-hydrogen) atoms. The number of piperidine rings is 1. The van der Waals surface area contributed by atoms with E-state index in [4.69, 9.17) is 14.2 Å². The molecule has 204 valence electrons. The Labute approximate surface area is 223 Å². The zero-order valence-corrected chi connectivity index (χ0v) is 22.9. The number of hydrogen-bond donors (Lipinski definition) is 0. The third kappa shape index (κ3) is 7.91. The molecule has 1 amide bonds. The first-order valence-corrected chi connectivity index (χ1v) is 12.7. The van der Waals surface area contributed by atoms with Crippen molar-refractivity contribution in [3.05, 3.63) is 66.2 Å². The van der Waals surface area contributed by atoms with Crippen LogP contribution in [0.4, 0.5) is 9.18 Å². The summed E-state index contributed by atoms with van der Waals surface area (Å²) in [5.41, 5.74) is -0.303. The van der Waals surface area contributed by atoms with Crippen molar-refractivity contribution in [2.75, 3.05) is 6.54 Å². The first-order valence-electron chi connectivity index (χ1n) is 12.7. The predicted octanol–water partition coefficient (Wildman–Crippen LogP) is 6.24. The van der Waals surface area contributed by atoms with Gasteiger partial charge in [0.2, 0.25) is 0 Å². The number of para-hydroxylation sites is 1. The molecule has 1 fully saturated rings. The van der Waals surface area contributed by atoms with Crippen molar-refractivity contribution in [3.63, 3.8) is 0 Å². The molecule has 8 heteroatoms. The second-order valence-corrected chi connectivity index (χ2v) is 11.2. The molecule has 0 radical (unpaired) electrons. The minimum atomic E-state index is -0.813. The highest BCUT2D eigenvalue weighted by Gasteiger charge is 2.36. The Bertz CT molecular complexity index is 1210. The molecule has 1 atom stereocenters. The van der Waals surface area contributed by atoms with E-state index in [0.717, 1.165) is 6.08 Å². The second-order valence-electron chi connectivity index (χ2n) is 11.2. The highest BCUT2D eigenvalue weighted by Crippen LogP contribution is 2.34. The fourth-order valence-corrected chi connectivity index (χ4v) is 4.13. The summed E-state index contributed by atoms with van der Waals surface area (Å²) in [4.78, 5) is 39.0. The molecule has 0 spiro atoms. The van der Waals surface area contributed by atoms with Crippen molar-refractivity contribution in [3.8, 4) is 16.9 Å². The largest absolute Gasteiger partial charge is 0.464 e. The third-order valence-corrected chi connectivity index (χ3v) is 5.67. The van der Waals surface area contributed by atoms with Gasteiger partial charge in [0.1, 0.15) is 22.8 Å². The van der Waals surface area contributed by atoms with Crippen LogP contribution in [-0.4, -0.2) is 46.5 Å². The molecule has 1 unspecified atom stereocenters. The second kappa shape index (κ2) is 11.8. The van der Waals surface area contributed by atoms with E-state index in [1.807, 2.05) is 0 Å². The van der Waals surface area contributed by atoms with Gasteiger partial charge in [-0.1, -0.05) is 36.4 Å². The van der Waals surface area contributed by atoms with E-state index in [-0.39, 0.29) is 17.8 Å². The Balaban J connectivity index is 1.85. The number of esters is 1. The predicted molar refractivity (Wildman–Crippen MR) is 142 cm³/mol. The van der Waals surface area contributed by atoms with E-state index in [1.54, 1.807) is 84.0 Å². The average Bonchev–Trinajstić information content (AvgIpc) is 2.79. The van der Waals surface area contributed by atoms with E-state index < -0.39 is 35.1 Å². The van der Waals surface area contributed by atoms with Crippen molar-refractivity contribution in [2.45, 2.75) is 78.0 Å². The van der Waals surface area contributed by atoms with Gasteiger partial charge in [0.15, 0.2) is 5.78 Å². The van der Waals surface area contributed by atoms with Gasteiger partial charge in [-0.3, -0.25) is 9.69 Å². The molecule has 0 saturated carbocycles. The van der Waals surface area contributed by atoms with Crippen LogP contribution in [0.1, 0.15) is 59.9 Å². The molecule has 3 rings (SSSR count). The van der Waals surface area contributed by atoms with Crippen molar-refractivity contribution in [1.82, 2.24) is 4.90 Å². The van der Waals surface area contributed by atoms with Gasteiger partial charge >= 0.3 is 12.1 Å². The lowest BCUT2D eigenvalue weighted by atomic mass is 9.92. The molecule has 0 N–H and O–H groups in total. The summed E-state index contributed by atoms with van der Waals surface area (Å²) >= 11 is 0. The van der Waals surface area contributed by atoms with E-state index in [2.05, 4.69) is 0 Å². The van der Waals surface area contributed by atoms with Gasteiger partial charge in [-0.25, -0.2) is 14.0 Å². The summed E-state index contributed by atoms with van der Waals surface area (Å²) in [6.45, 7) is 10.9. The van der Waals surface area contributed by atoms with Crippen molar-refractivity contribution >= 4 is 17.8 Å². The van der Waals surface area contributed by atoms with Crippen LogP contribution in [0.2, 0.25) is 0 Å². The number of carbonyl (C=O) groups is 3. The molecule has 1 aliphatic rings. The lowest BCUT2D eigenvalue weighted by molar-refractivity contribution is -0.148. The van der Waals surface area contributed by atoms with Crippen molar-refractivity contribution in [1.29, 1.82) is 0 Å². The lowest BCUT2D eigenvalue weighted by Gasteiger charge is -2.36. The fourth-order valence-electron chi connectivity index (χ4n) is 4.13. The van der Waals surface area contributed by atoms with Crippen LogP contribution in [0.25, 0.3) is 11.1 Å². The summed E-state index contributed by atoms with van der Waals surface area (Å²) in [5, 5.41) is 0. The number of carbonyl (C=O) groups excluding carboxylic acids is 3. The number of nitrogens with zero attached hydrogens (tertiary/aromatic N) is 1. The molecule has 0 bridgehead atoms. The molecule has 1 aliphatic heterocycles. The van der Waals surface area contributed by atoms with Gasteiger partial charge in [-0.15, -0.1) is 0 Å². The van der Waals surface area contributed by atoms with Gasteiger partial charge < -0.3 is 14.2 Å². The van der Waals surface area contributed by atoms with Crippen LogP contribution < -0.4 is 4.74 Å². The number of Topliss-reactive ketones (excluding diaryl/α,β-unsaturated/α-hetero) is 1. The number of halogens is 1. The van der Waals surface area contributed by atoms with E-state index >= 15 is 4.39 Å². The standard InChI is InChI=1S/C30H36FNO6/c1-29(2,3)37-26(34)16-18-36-25-15-8-7-12-21(25)22-13-9-11-20(27(22)31)19-23-24(33)14-10-17-32(23)28(35)38-30(4,5)6/h7-9,11-13,15-16,18,23H,10,14,17,19H2,1-6H3/b18-16+. The summed E-state index contributed by atoms with van der Waals surface area (Å²) in [7, 11) is 0. The number of benzene rings is 2. The molecule has 1 heterocycles. The van der Waals surface area contributed by atoms with Crippen LogP contribution in [0.3, 0.4) is 0 Å². The molecule has 0 aromatic heterocycles. The van der Waals surface area contributed by atoms with E-state index in [9.17, 15) is 14.4 Å². The summed E-state index contributed by atoms with van der Waals surface area (Å²) in [6, 6.07) is 11.0. The number of ketones is 1. The maximum atomic E-state index is 15.9.